The van der Waals surface area contributed by atoms with Gasteiger partial charge in [0.25, 0.3) is 5.91 Å². The van der Waals surface area contributed by atoms with Gasteiger partial charge in [-0.2, -0.15) is 5.10 Å². The molecule has 0 heterocycles. The number of ether oxygens (including phenoxy) is 1. The summed E-state index contributed by atoms with van der Waals surface area (Å²) in [6.07, 6.45) is 1.57. The molecule has 0 saturated heterocycles. The summed E-state index contributed by atoms with van der Waals surface area (Å²) in [5.41, 5.74) is 5.18. The molecule has 3 aromatic carbocycles. The predicted octanol–water partition coefficient (Wildman–Crippen LogP) is 5.09. The molecule has 0 radical (unpaired) electrons. The quantitative estimate of drug-likeness (QED) is 0.248. The molecule has 2 N–H and O–H groups in total. The fourth-order valence-corrected chi connectivity index (χ4v) is 2.91. The standard InChI is InChI=1S/C22H19ClIN3O2/c23-18-7-5-16(6-8-18)15-29-21-4-2-1-3-17(21)13-26-27-22(28)14-25-20-11-9-19(24)10-12-20/h1-13,25H,14-15H2,(H,27,28)/b26-13-. The van der Waals surface area contributed by atoms with Gasteiger partial charge in [0.1, 0.15) is 12.4 Å². The minimum Gasteiger partial charge on any atom is -0.488 e. The van der Waals surface area contributed by atoms with Gasteiger partial charge in [0.05, 0.1) is 12.8 Å². The second-order valence-corrected chi connectivity index (χ2v) is 7.79. The van der Waals surface area contributed by atoms with E-state index in [4.69, 9.17) is 16.3 Å². The zero-order chi connectivity index (χ0) is 20.5. The Bertz CT molecular complexity index is 976. The topological polar surface area (TPSA) is 62.7 Å². The highest BCUT2D eigenvalue weighted by atomic mass is 127. The number of nitrogens with one attached hydrogen (secondary N) is 2. The van der Waals surface area contributed by atoms with E-state index in [0.717, 1.165) is 20.4 Å². The molecule has 3 aromatic rings. The van der Waals surface area contributed by atoms with Crippen LogP contribution < -0.4 is 15.5 Å². The molecule has 0 aliphatic rings. The number of para-hydroxylation sites is 1. The van der Waals surface area contributed by atoms with Crippen molar-refractivity contribution >= 4 is 52.0 Å². The maximum absolute atomic E-state index is 12.0. The summed E-state index contributed by atoms with van der Waals surface area (Å²) in [7, 11) is 0. The van der Waals surface area contributed by atoms with Crippen molar-refractivity contribution in [2.24, 2.45) is 5.10 Å². The Kier molecular flexibility index (Phi) is 7.89. The molecular formula is C22H19ClIN3O2. The maximum atomic E-state index is 12.0. The number of hydrazone groups is 1. The smallest absolute Gasteiger partial charge is 0.259 e. The number of benzene rings is 3. The van der Waals surface area contributed by atoms with E-state index >= 15 is 0 Å². The molecule has 0 unspecified atom stereocenters. The molecule has 1 amide bonds. The highest BCUT2D eigenvalue weighted by Crippen LogP contribution is 2.18. The van der Waals surface area contributed by atoms with Crippen molar-refractivity contribution in [3.05, 3.63) is 92.5 Å². The third-order valence-electron chi connectivity index (χ3n) is 3.92. The first-order valence-corrected chi connectivity index (χ1v) is 10.3. The first kappa shape index (κ1) is 21.1. The number of hydrogen-bond donors (Lipinski definition) is 2. The van der Waals surface area contributed by atoms with Gasteiger partial charge >= 0.3 is 0 Å². The Hall–Kier alpha value is -2.58. The highest BCUT2D eigenvalue weighted by molar-refractivity contribution is 14.1. The van der Waals surface area contributed by atoms with E-state index in [1.54, 1.807) is 6.21 Å². The first-order valence-electron chi connectivity index (χ1n) is 8.88. The SMILES string of the molecule is O=C(CNc1ccc(I)cc1)N/N=C\c1ccccc1OCc1ccc(Cl)cc1. The highest BCUT2D eigenvalue weighted by Gasteiger charge is 2.03. The maximum Gasteiger partial charge on any atom is 0.259 e. The van der Waals surface area contributed by atoms with Gasteiger partial charge in [-0.1, -0.05) is 35.9 Å². The Balaban J connectivity index is 1.51. The van der Waals surface area contributed by atoms with Crippen LogP contribution in [0.2, 0.25) is 5.02 Å². The van der Waals surface area contributed by atoms with Crippen LogP contribution in [0.5, 0.6) is 5.75 Å². The lowest BCUT2D eigenvalue weighted by Gasteiger charge is -2.09. The van der Waals surface area contributed by atoms with Crippen LogP contribution in [0.4, 0.5) is 5.69 Å². The van der Waals surface area contributed by atoms with E-state index in [2.05, 4.69) is 38.4 Å². The summed E-state index contributed by atoms with van der Waals surface area (Å²) in [4.78, 5) is 12.0. The van der Waals surface area contributed by atoms with Crippen LogP contribution in [0.3, 0.4) is 0 Å². The van der Waals surface area contributed by atoms with Crippen molar-refractivity contribution < 1.29 is 9.53 Å². The second-order valence-electron chi connectivity index (χ2n) is 6.11. The van der Waals surface area contributed by atoms with Crippen molar-refractivity contribution in [1.29, 1.82) is 0 Å². The van der Waals surface area contributed by atoms with E-state index < -0.39 is 0 Å². The van der Waals surface area contributed by atoms with Gasteiger partial charge in [0.15, 0.2) is 0 Å². The van der Waals surface area contributed by atoms with Gasteiger partial charge in [-0.15, -0.1) is 0 Å². The Morgan fingerprint density at radius 3 is 2.52 bits per heavy atom. The second kappa shape index (κ2) is 10.8. The van der Waals surface area contributed by atoms with E-state index in [9.17, 15) is 4.79 Å². The van der Waals surface area contributed by atoms with E-state index in [1.165, 1.54) is 0 Å². The van der Waals surface area contributed by atoms with Crippen LogP contribution in [0.25, 0.3) is 0 Å². The zero-order valence-electron chi connectivity index (χ0n) is 15.4. The minimum absolute atomic E-state index is 0.132. The first-order chi connectivity index (χ1) is 14.1. The number of carbonyl (C=O) groups excluding carboxylic acids is 1. The number of carbonyl (C=O) groups is 1. The van der Waals surface area contributed by atoms with Gasteiger partial charge in [0, 0.05) is 19.8 Å². The number of halogens is 2. The number of nitrogens with zero attached hydrogens (tertiary/aromatic N) is 1. The molecular weight excluding hydrogens is 501 g/mol. The summed E-state index contributed by atoms with van der Waals surface area (Å²) >= 11 is 8.14. The molecule has 7 heteroatoms. The fraction of sp³-hybridized carbons (Fsp3) is 0.0909. The molecule has 0 saturated carbocycles. The number of anilines is 1. The molecule has 5 nitrogen and oxygen atoms in total. The van der Waals surface area contributed by atoms with Crippen LogP contribution in [0.1, 0.15) is 11.1 Å². The van der Waals surface area contributed by atoms with E-state index in [1.807, 2.05) is 72.8 Å². The molecule has 0 aliphatic heterocycles. The largest absolute Gasteiger partial charge is 0.488 e. The summed E-state index contributed by atoms with van der Waals surface area (Å²) in [5, 5.41) is 7.77. The molecule has 0 atom stereocenters. The Morgan fingerprint density at radius 2 is 1.76 bits per heavy atom. The molecule has 0 aromatic heterocycles. The van der Waals surface area contributed by atoms with Crippen molar-refractivity contribution in [3.63, 3.8) is 0 Å². The van der Waals surface area contributed by atoms with Crippen molar-refractivity contribution in [1.82, 2.24) is 5.43 Å². The fourth-order valence-electron chi connectivity index (χ4n) is 2.42. The van der Waals surface area contributed by atoms with Gasteiger partial charge in [-0.3, -0.25) is 4.79 Å². The molecule has 0 bridgehead atoms. The lowest BCUT2D eigenvalue weighted by Crippen LogP contribution is -2.25. The van der Waals surface area contributed by atoms with Crippen molar-refractivity contribution in [2.45, 2.75) is 6.61 Å². The monoisotopic (exact) mass is 519 g/mol. The van der Waals surface area contributed by atoms with Gasteiger partial charge in [-0.25, -0.2) is 5.43 Å². The summed E-state index contributed by atoms with van der Waals surface area (Å²) in [5.74, 6) is 0.442. The molecule has 0 aliphatic carbocycles. The third kappa shape index (κ3) is 7.07. The van der Waals surface area contributed by atoms with Crippen LogP contribution in [0, 0.1) is 3.57 Å². The molecule has 148 valence electrons. The van der Waals surface area contributed by atoms with Gasteiger partial charge < -0.3 is 10.1 Å². The summed E-state index contributed by atoms with van der Waals surface area (Å²) in [6, 6.07) is 22.8. The molecule has 0 spiro atoms. The van der Waals surface area contributed by atoms with E-state index in [0.29, 0.717) is 17.4 Å². The average molecular weight is 520 g/mol. The third-order valence-corrected chi connectivity index (χ3v) is 4.89. The van der Waals surface area contributed by atoms with Gasteiger partial charge in [0.2, 0.25) is 0 Å². The van der Waals surface area contributed by atoms with Crippen LogP contribution in [-0.2, 0) is 11.4 Å². The zero-order valence-corrected chi connectivity index (χ0v) is 18.4. The Morgan fingerprint density at radius 1 is 1.03 bits per heavy atom. The van der Waals surface area contributed by atoms with Crippen LogP contribution >= 0.6 is 34.2 Å². The molecule has 3 rings (SSSR count). The summed E-state index contributed by atoms with van der Waals surface area (Å²) < 4.78 is 7.01. The predicted molar refractivity (Wildman–Crippen MR) is 126 cm³/mol. The number of amides is 1. The van der Waals surface area contributed by atoms with Crippen LogP contribution in [0.15, 0.2) is 77.9 Å². The lowest BCUT2D eigenvalue weighted by molar-refractivity contribution is -0.119. The van der Waals surface area contributed by atoms with Gasteiger partial charge in [-0.05, 0) is 76.7 Å². The normalized spacial score (nSPS) is 10.7. The Labute approximate surface area is 188 Å². The van der Waals surface area contributed by atoms with Crippen molar-refractivity contribution in [2.75, 3.05) is 11.9 Å². The summed E-state index contributed by atoms with van der Waals surface area (Å²) in [6.45, 7) is 0.543. The number of hydrogen-bond acceptors (Lipinski definition) is 4. The van der Waals surface area contributed by atoms with Crippen LogP contribution in [-0.4, -0.2) is 18.7 Å². The molecule has 29 heavy (non-hydrogen) atoms. The van der Waals surface area contributed by atoms with E-state index in [-0.39, 0.29) is 12.5 Å². The minimum atomic E-state index is -0.237. The number of rotatable bonds is 8. The van der Waals surface area contributed by atoms with Crippen molar-refractivity contribution in [3.8, 4) is 5.75 Å². The average Bonchev–Trinajstić information content (AvgIpc) is 2.74. The molecule has 0 fully saturated rings. The lowest BCUT2D eigenvalue weighted by atomic mass is 10.2.